The van der Waals surface area contributed by atoms with Crippen molar-refractivity contribution in [3.63, 3.8) is 0 Å². The highest BCUT2D eigenvalue weighted by molar-refractivity contribution is 7.18. The van der Waals surface area contributed by atoms with Gasteiger partial charge in [0.2, 0.25) is 0 Å². The number of para-hydroxylation sites is 1. The number of rotatable bonds is 3. The molecule has 1 aliphatic rings. The van der Waals surface area contributed by atoms with Crippen LogP contribution in [0.3, 0.4) is 0 Å². The number of benzene rings is 2. The smallest absolute Gasteiger partial charge is 0.151 e. The molecule has 2 atom stereocenters. The zero-order valence-corrected chi connectivity index (χ0v) is 13.6. The predicted octanol–water partition coefficient (Wildman–Crippen LogP) is 3.09. The summed E-state index contributed by atoms with van der Waals surface area (Å²) in [6.07, 6.45) is 2.41. The molecule has 1 aromatic heterocycles. The zero-order valence-electron chi connectivity index (χ0n) is 12.8. The summed E-state index contributed by atoms with van der Waals surface area (Å²) in [6.45, 7) is 2.06. The molecule has 1 unspecified atom stereocenters. The predicted molar refractivity (Wildman–Crippen MR) is 92.3 cm³/mol. The summed E-state index contributed by atoms with van der Waals surface area (Å²) >= 11 is 1.82. The topological polar surface area (TPSA) is 41.1 Å². The van der Waals surface area contributed by atoms with Crippen LogP contribution in [0.1, 0.15) is 35.0 Å². The minimum Gasteiger partial charge on any atom is -0.323 e. The van der Waals surface area contributed by atoms with Gasteiger partial charge in [-0.3, -0.25) is 0 Å². The third-order valence-corrected chi connectivity index (χ3v) is 5.80. The van der Waals surface area contributed by atoms with Crippen LogP contribution in [0.5, 0.6) is 0 Å². The fourth-order valence-electron chi connectivity index (χ4n) is 3.49. The molecule has 2 aromatic carbocycles. The average molecular weight is 320 g/mol. The second-order valence-corrected chi connectivity index (χ2v) is 7.13. The van der Waals surface area contributed by atoms with Gasteiger partial charge in [-0.25, -0.2) is 4.98 Å². The molecule has 4 heteroatoms. The number of quaternary nitrogens is 1. The van der Waals surface area contributed by atoms with Crippen molar-refractivity contribution >= 4 is 21.6 Å². The van der Waals surface area contributed by atoms with Crippen molar-refractivity contribution < 1.29 is 4.90 Å². The Balaban J connectivity index is 1.63. The van der Waals surface area contributed by atoms with Crippen LogP contribution in [-0.2, 0) is 6.54 Å². The van der Waals surface area contributed by atoms with Crippen molar-refractivity contribution in [2.45, 2.75) is 25.4 Å². The Morgan fingerprint density at radius 3 is 2.87 bits per heavy atom. The molecule has 1 aliphatic heterocycles. The lowest BCUT2D eigenvalue weighted by molar-refractivity contribution is -0.932. The SMILES string of the molecule is N#Cc1ccccc1C[NH+]1CCC[C@H]1c1nc2ccccc2s1. The number of fused-ring (bicyclic) bond motifs is 1. The molecule has 0 saturated carbocycles. The fraction of sp³-hybridized carbons (Fsp3) is 0.263. The summed E-state index contributed by atoms with van der Waals surface area (Å²) in [4.78, 5) is 6.40. The summed E-state index contributed by atoms with van der Waals surface area (Å²) in [5, 5.41) is 10.5. The van der Waals surface area contributed by atoms with E-state index in [9.17, 15) is 5.26 Å². The van der Waals surface area contributed by atoms with E-state index in [0.29, 0.717) is 6.04 Å². The Kier molecular flexibility index (Phi) is 3.82. The third kappa shape index (κ3) is 2.74. The number of hydrogen-bond acceptors (Lipinski definition) is 3. The summed E-state index contributed by atoms with van der Waals surface area (Å²) in [5.41, 5.74) is 3.06. The first-order chi connectivity index (χ1) is 11.3. The maximum absolute atomic E-state index is 9.30. The van der Waals surface area contributed by atoms with Gasteiger partial charge in [0, 0.05) is 18.4 Å². The van der Waals surface area contributed by atoms with Crippen molar-refractivity contribution in [1.29, 1.82) is 5.26 Å². The van der Waals surface area contributed by atoms with E-state index in [-0.39, 0.29) is 0 Å². The molecule has 0 spiro atoms. The Morgan fingerprint density at radius 2 is 2.00 bits per heavy atom. The molecular formula is C19H18N3S+. The summed E-state index contributed by atoms with van der Waals surface area (Å²) in [7, 11) is 0. The zero-order chi connectivity index (χ0) is 15.6. The standard InChI is InChI=1S/C19H17N3S/c20-12-14-6-1-2-7-15(14)13-22-11-5-9-17(22)19-21-16-8-3-4-10-18(16)23-19/h1-4,6-8,10,17H,5,9,11,13H2/p+1/t17-/m0/s1. The minimum absolute atomic E-state index is 0.458. The van der Waals surface area contributed by atoms with Gasteiger partial charge in [0.25, 0.3) is 0 Å². The number of nitrogens with one attached hydrogen (secondary N) is 1. The van der Waals surface area contributed by atoms with E-state index < -0.39 is 0 Å². The van der Waals surface area contributed by atoms with Gasteiger partial charge in [-0.15, -0.1) is 11.3 Å². The normalized spacial score (nSPS) is 20.7. The second kappa shape index (κ2) is 6.11. The van der Waals surface area contributed by atoms with Crippen molar-refractivity contribution in [1.82, 2.24) is 4.98 Å². The highest BCUT2D eigenvalue weighted by Crippen LogP contribution is 2.28. The molecule has 2 heterocycles. The van der Waals surface area contributed by atoms with Crippen LogP contribution in [-0.4, -0.2) is 11.5 Å². The fourth-order valence-corrected chi connectivity index (χ4v) is 4.65. The highest BCUT2D eigenvalue weighted by atomic mass is 32.1. The van der Waals surface area contributed by atoms with Crippen LogP contribution in [0, 0.1) is 11.3 Å². The lowest BCUT2D eigenvalue weighted by atomic mass is 10.1. The number of nitriles is 1. The van der Waals surface area contributed by atoms with Gasteiger partial charge in [0.1, 0.15) is 12.6 Å². The van der Waals surface area contributed by atoms with E-state index >= 15 is 0 Å². The lowest BCUT2D eigenvalue weighted by Crippen LogP contribution is -3.08. The maximum atomic E-state index is 9.30. The summed E-state index contributed by atoms with van der Waals surface area (Å²) in [5.74, 6) is 0. The number of hydrogen-bond donors (Lipinski definition) is 1. The van der Waals surface area contributed by atoms with Gasteiger partial charge in [-0.05, 0) is 18.2 Å². The van der Waals surface area contributed by atoms with Gasteiger partial charge in [0.15, 0.2) is 5.01 Å². The Morgan fingerprint density at radius 1 is 1.17 bits per heavy atom. The number of nitrogens with zero attached hydrogens (tertiary/aromatic N) is 2. The van der Waals surface area contributed by atoms with Crippen LogP contribution in [0.2, 0.25) is 0 Å². The Bertz CT molecular complexity index is 844. The lowest BCUT2D eigenvalue weighted by Gasteiger charge is -2.20. The van der Waals surface area contributed by atoms with Crippen molar-refractivity contribution in [3.05, 3.63) is 64.7 Å². The first-order valence-corrected chi connectivity index (χ1v) is 8.85. The van der Waals surface area contributed by atoms with Gasteiger partial charge >= 0.3 is 0 Å². The van der Waals surface area contributed by atoms with E-state index in [1.165, 1.54) is 27.4 Å². The first-order valence-electron chi connectivity index (χ1n) is 8.03. The monoisotopic (exact) mass is 320 g/mol. The third-order valence-electron chi connectivity index (χ3n) is 4.65. The van der Waals surface area contributed by atoms with Crippen molar-refractivity contribution in [3.8, 4) is 6.07 Å². The van der Waals surface area contributed by atoms with Gasteiger partial charge in [-0.1, -0.05) is 30.3 Å². The molecule has 1 fully saturated rings. The summed E-state index contributed by atoms with van der Waals surface area (Å²) < 4.78 is 1.27. The number of likely N-dealkylation sites (tertiary alicyclic amines) is 1. The van der Waals surface area contributed by atoms with E-state index in [0.717, 1.165) is 29.7 Å². The number of aromatic nitrogens is 1. The molecule has 1 saturated heterocycles. The Hall–Kier alpha value is -2.22. The van der Waals surface area contributed by atoms with E-state index in [2.05, 4.69) is 30.3 Å². The molecule has 3 nitrogen and oxygen atoms in total. The van der Waals surface area contributed by atoms with Gasteiger partial charge in [0.05, 0.1) is 28.4 Å². The molecule has 23 heavy (non-hydrogen) atoms. The van der Waals surface area contributed by atoms with Gasteiger partial charge in [-0.2, -0.15) is 5.26 Å². The van der Waals surface area contributed by atoms with Crippen molar-refractivity contribution in [2.75, 3.05) is 6.54 Å². The minimum atomic E-state index is 0.458. The first kappa shape index (κ1) is 14.4. The van der Waals surface area contributed by atoms with Crippen LogP contribution in [0.25, 0.3) is 10.2 Å². The van der Waals surface area contributed by atoms with E-state index in [4.69, 9.17) is 4.98 Å². The maximum Gasteiger partial charge on any atom is 0.151 e. The highest BCUT2D eigenvalue weighted by Gasteiger charge is 2.33. The van der Waals surface area contributed by atoms with Crippen LogP contribution < -0.4 is 4.90 Å². The van der Waals surface area contributed by atoms with Crippen LogP contribution in [0.15, 0.2) is 48.5 Å². The van der Waals surface area contributed by atoms with E-state index in [1.54, 1.807) is 0 Å². The second-order valence-electron chi connectivity index (χ2n) is 6.07. The average Bonchev–Trinajstić information content (AvgIpc) is 3.21. The Labute approximate surface area is 139 Å². The van der Waals surface area contributed by atoms with Crippen LogP contribution >= 0.6 is 11.3 Å². The summed E-state index contributed by atoms with van der Waals surface area (Å²) in [6, 6.07) is 19.1. The molecule has 0 aliphatic carbocycles. The molecule has 0 bridgehead atoms. The molecule has 0 amide bonds. The van der Waals surface area contributed by atoms with Crippen LogP contribution in [0.4, 0.5) is 0 Å². The van der Waals surface area contributed by atoms with E-state index in [1.807, 2.05) is 35.6 Å². The van der Waals surface area contributed by atoms with Crippen molar-refractivity contribution in [2.24, 2.45) is 0 Å². The molecule has 4 rings (SSSR count). The molecule has 114 valence electrons. The van der Waals surface area contributed by atoms with Gasteiger partial charge < -0.3 is 4.90 Å². The molecule has 0 radical (unpaired) electrons. The molecule has 3 aromatic rings. The number of thiazole rings is 1. The molecule has 1 N–H and O–H groups in total. The molecular weight excluding hydrogens is 302 g/mol. The largest absolute Gasteiger partial charge is 0.323 e. The quantitative estimate of drug-likeness (QED) is 0.806.